The first-order valence-electron chi connectivity index (χ1n) is 5.76. The molecule has 0 aliphatic carbocycles. The molecule has 0 atom stereocenters. The zero-order valence-corrected chi connectivity index (χ0v) is 10.8. The van der Waals surface area contributed by atoms with E-state index in [9.17, 15) is 0 Å². The molecule has 0 amide bonds. The summed E-state index contributed by atoms with van der Waals surface area (Å²) in [6.45, 7) is 5.80. The van der Waals surface area contributed by atoms with Gasteiger partial charge in [0.1, 0.15) is 11.5 Å². The Hall–Kier alpha value is -1.25. The van der Waals surface area contributed by atoms with Gasteiger partial charge in [0.25, 0.3) is 0 Å². The highest BCUT2D eigenvalue weighted by atomic mass is 35.5. The summed E-state index contributed by atoms with van der Waals surface area (Å²) in [7, 11) is 0. The lowest BCUT2D eigenvalue weighted by molar-refractivity contribution is 0.498. The summed E-state index contributed by atoms with van der Waals surface area (Å²) in [5.74, 6) is 1.76. The number of nitrogens with one attached hydrogen (secondary N) is 1. The number of furan rings is 1. The molecule has 1 aromatic carbocycles. The van der Waals surface area contributed by atoms with Crippen molar-refractivity contribution in [2.75, 3.05) is 6.54 Å². The Bertz CT molecular complexity index is 505. The van der Waals surface area contributed by atoms with Crippen LogP contribution in [0.5, 0.6) is 0 Å². The SMILES string of the molecule is CCNCc1ccc(-c2cc(C)ccc2Cl)o1. The van der Waals surface area contributed by atoms with Gasteiger partial charge in [0.2, 0.25) is 0 Å². The fourth-order valence-corrected chi connectivity index (χ4v) is 1.90. The fraction of sp³-hybridized carbons (Fsp3) is 0.286. The number of halogens is 1. The number of hydrogen-bond acceptors (Lipinski definition) is 2. The highest BCUT2D eigenvalue weighted by Crippen LogP contribution is 2.30. The third kappa shape index (κ3) is 2.90. The number of hydrogen-bond donors (Lipinski definition) is 1. The van der Waals surface area contributed by atoms with E-state index in [0.717, 1.165) is 35.2 Å². The van der Waals surface area contributed by atoms with Crippen LogP contribution in [-0.2, 0) is 6.54 Å². The van der Waals surface area contributed by atoms with Crippen LogP contribution in [0.3, 0.4) is 0 Å². The Balaban J connectivity index is 2.27. The summed E-state index contributed by atoms with van der Waals surface area (Å²) >= 11 is 6.17. The van der Waals surface area contributed by atoms with E-state index in [1.54, 1.807) is 0 Å². The van der Waals surface area contributed by atoms with Gasteiger partial charge >= 0.3 is 0 Å². The van der Waals surface area contributed by atoms with Crippen LogP contribution in [0.15, 0.2) is 34.7 Å². The summed E-state index contributed by atoms with van der Waals surface area (Å²) in [4.78, 5) is 0. The lowest BCUT2D eigenvalue weighted by Gasteiger charge is -2.02. The maximum Gasteiger partial charge on any atom is 0.135 e. The molecule has 2 aromatic rings. The Labute approximate surface area is 107 Å². The van der Waals surface area contributed by atoms with Crippen molar-refractivity contribution in [3.05, 3.63) is 46.7 Å². The lowest BCUT2D eigenvalue weighted by atomic mass is 10.1. The summed E-state index contributed by atoms with van der Waals surface area (Å²) in [6.07, 6.45) is 0. The van der Waals surface area contributed by atoms with Crippen molar-refractivity contribution in [2.45, 2.75) is 20.4 Å². The average molecular weight is 250 g/mol. The molecule has 3 heteroatoms. The van der Waals surface area contributed by atoms with Crippen LogP contribution >= 0.6 is 11.6 Å². The predicted octanol–water partition coefficient (Wildman–Crippen LogP) is 4.02. The summed E-state index contributed by atoms with van der Waals surface area (Å²) in [5, 5.41) is 3.95. The Morgan fingerprint density at radius 1 is 1.24 bits per heavy atom. The molecule has 0 spiro atoms. The van der Waals surface area contributed by atoms with E-state index in [1.807, 2.05) is 37.3 Å². The minimum Gasteiger partial charge on any atom is -0.460 e. The molecule has 0 aliphatic rings. The van der Waals surface area contributed by atoms with Gasteiger partial charge in [-0.1, -0.05) is 30.2 Å². The zero-order valence-electron chi connectivity index (χ0n) is 10.1. The largest absolute Gasteiger partial charge is 0.460 e. The van der Waals surface area contributed by atoms with Gasteiger partial charge in [-0.05, 0) is 37.7 Å². The Morgan fingerprint density at radius 2 is 2.06 bits per heavy atom. The monoisotopic (exact) mass is 249 g/mol. The molecule has 17 heavy (non-hydrogen) atoms. The molecule has 1 aromatic heterocycles. The summed E-state index contributed by atoms with van der Waals surface area (Å²) in [6, 6.07) is 9.88. The minimum absolute atomic E-state index is 0.722. The molecular formula is C14H16ClNO. The second kappa shape index (κ2) is 5.39. The van der Waals surface area contributed by atoms with E-state index in [4.69, 9.17) is 16.0 Å². The van der Waals surface area contributed by atoms with Crippen LogP contribution in [0.25, 0.3) is 11.3 Å². The second-order valence-corrected chi connectivity index (χ2v) is 4.44. The van der Waals surface area contributed by atoms with E-state index >= 15 is 0 Å². The Kier molecular flexibility index (Phi) is 3.87. The van der Waals surface area contributed by atoms with E-state index in [0.29, 0.717) is 0 Å². The van der Waals surface area contributed by atoms with Gasteiger partial charge in [0.15, 0.2) is 0 Å². The van der Waals surface area contributed by atoms with E-state index in [2.05, 4.69) is 12.2 Å². The van der Waals surface area contributed by atoms with Crippen molar-refractivity contribution in [1.29, 1.82) is 0 Å². The van der Waals surface area contributed by atoms with Gasteiger partial charge in [-0.3, -0.25) is 0 Å². The summed E-state index contributed by atoms with van der Waals surface area (Å²) in [5.41, 5.74) is 2.13. The van der Waals surface area contributed by atoms with E-state index in [-0.39, 0.29) is 0 Å². The molecule has 0 aliphatic heterocycles. The second-order valence-electron chi connectivity index (χ2n) is 4.03. The molecule has 1 N–H and O–H groups in total. The van der Waals surface area contributed by atoms with E-state index in [1.165, 1.54) is 5.56 Å². The van der Waals surface area contributed by atoms with Gasteiger partial charge in [-0.25, -0.2) is 0 Å². The molecular weight excluding hydrogens is 234 g/mol. The molecule has 0 unspecified atom stereocenters. The quantitative estimate of drug-likeness (QED) is 0.886. The first kappa shape index (κ1) is 12.2. The van der Waals surface area contributed by atoms with Gasteiger partial charge in [-0.2, -0.15) is 0 Å². The van der Waals surface area contributed by atoms with Crippen molar-refractivity contribution < 1.29 is 4.42 Å². The van der Waals surface area contributed by atoms with Crippen LogP contribution in [-0.4, -0.2) is 6.54 Å². The van der Waals surface area contributed by atoms with Crippen molar-refractivity contribution in [2.24, 2.45) is 0 Å². The van der Waals surface area contributed by atoms with Gasteiger partial charge in [0, 0.05) is 5.56 Å². The molecule has 0 fully saturated rings. The van der Waals surface area contributed by atoms with Crippen LogP contribution in [0.4, 0.5) is 0 Å². The molecule has 90 valence electrons. The Morgan fingerprint density at radius 3 is 2.82 bits per heavy atom. The smallest absolute Gasteiger partial charge is 0.135 e. The first-order chi connectivity index (χ1) is 8.20. The normalized spacial score (nSPS) is 10.8. The third-order valence-corrected chi connectivity index (χ3v) is 2.93. The molecule has 2 nitrogen and oxygen atoms in total. The third-order valence-electron chi connectivity index (χ3n) is 2.60. The molecule has 2 rings (SSSR count). The van der Waals surface area contributed by atoms with E-state index < -0.39 is 0 Å². The van der Waals surface area contributed by atoms with Crippen molar-refractivity contribution in [1.82, 2.24) is 5.32 Å². The maximum atomic E-state index is 6.17. The van der Waals surface area contributed by atoms with Gasteiger partial charge in [0.05, 0.1) is 11.6 Å². The molecule has 1 heterocycles. The lowest BCUT2D eigenvalue weighted by Crippen LogP contribution is -2.10. The predicted molar refractivity (Wildman–Crippen MR) is 71.3 cm³/mol. The van der Waals surface area contributed by atoms with Crippen molar-refractivity contribution in [3.63, 3.8) is 0 Å². The minimum atomic E-state index is 0.722. The fourth-order valence-electron chi connectivity index (χ4n) is 1.69. The standard InChI is InChI=1S/C14H16ClNO/c1-3-16-9-11-5-7-14(17-11)12-8-10(2)4-6-13(12)15/h4-8,16H,3,9H2,1-2H3. The topological polar surface area (TPSA) is 25.2 Å². The van der Waals surface area contributed by atoms with Crippen molar-refractivity contribution in [3.8, 4) is 11.3 Å². The number of aryl methyl sites for hydroxylation is 1. The van der Waals surface area contributed by atoms with Gasteiger partial charge < -0.3 is 9.73 Å². The zero-order chi connectivity index (χ0) is 12.3. The molecule has 0 saturated heterocycles. The number of rotatable bonds is 4. The highest BCUT2D eigenvalue weighted by molar-refractivity contribution is 6.33. The molecule has 0 saturated carbocycles. The van der Waals surface area contributed by atoms with Crippen LogP contribution in [0.2, 0.25) is 5.02 Å². The maximum absolute atomic E-state index is 6.17. The average Bonchev–Trinajstić information content (AvgIpc) is 2.78. The van der Waals surface area contributed by atoms with Crippen LogP contribution < -0.4 is 5.32 Å². The van der Waals surface area contributed by atoms with Crippen molar-refractivity contribution >= 4 is 11.6 Å². The number of benzene rings is 1. The first-order valence-corrected chi connectivity index (χ1v) is 6.14. The van der Waals surface area contributed by atoms with Crippen LogP contribution in [0, 0.1) is 6.92 Å². The molecule has 0 radical (unpaired) electrons. The van der Waals surface area contributed by atoms with Gasteiger partial charge in [-0.15, -0.1) is 0 Å². The highest BCUT2D eigenvalue weighted by Gasteiger charge is 2.08. The molecule has 0 bridgehead atoms. The van der Waals surface area contributed by atoms with Crippen LogP contribution in [0.1, 0.15) is 18.2 Å². The summed E-state index contributed by atoms with van der Waals surface area (Å²) < 4.78 is 5.76.